The quantitative estimate of drug-likeness (QED) is 0.598. The van der Waals surface area contributed by atoms with E-state index in [2.05, 4.69) is 0 Å². The van der Waals surface area contributed by atoms with Crippen LogP contribution in [0.1, 0.15) is 19.6 Å². The largest absolute Gasteiger partial charge is 0.484 e. The number of carbonyl (C=O) groups excluding carboxylic acids is 1. The Balaban J connectivity index is 1.55. The van der Waals surface area contributed by atoms with Crippen LogP contribution in [-0.2, 0) is 9.53 Å². The van der Waals surface area contributed by atoms with Gasteiger partial charge in [-0.1, -0.05) is 23.7 Å². The third kappa shape index (κ3) is 4.60. The Labute approximate surface area is 185 Å². The predicted molar refractivity (Wildman–Crippen MR) is 120 cm³/mol. The maximum atomic E-state index is 13.1. The molecule has 1 saturated heterocycles. The second kappa shape index (κ2) is 8.73. The monoisotopic (exact) mass is 441 g/mol. The fourth-order valence-electron chi connectivity index (χ4n) is 3.94. The molecule has 1 aromatic heterocycles. The SMILES string of the molecule is Cc1oc2cc(OCC(=O)N3CC(C)OC(C)C3)ccc2c(=O)c1-c1ccc(Cl)cc1. The summed E-state index contributed by atoms with van der Waals surface area (Å²) in [5, 5.41) is 1.05. The lowest BCUT2D eigenvalue weighted by molar-refractivity contribution is -0.145. The van der Waals surface area contributed by atoms with E-state index in [9.17, 15) is 9.59 Å². The van der Waals surface area contributed by atoms with Crippen LogP contribution in [0.15, 0.2) is 51.7 Å². The molecule has 0 radical (unpaired) electrons. The van der Waals surface area contributed by atoms with Crippen LogP contribution in [0.4, 0.5) is 0 Å². The Morgan fingerprint density at radius 3 is 2.48 bits per heavy atom. The Bertz CT molecular complexity index is 1160. The van der Waals surface area contributed by atoms with Crippen LogP contribution in [0.2, 0.25) is 5.02 Å². The molecule has 4 rings (SSSR count). The molecule has 1 aliphatic heterocycles. The summed E-state index contributed by atoms with van der Waals surface area (Å²) in [7, 11) is 0. The molecule has 31 heavy (non-hydrogen) atoms. The van der Waals surface area contributed by atoms with Crippen molar-refractivity contribution in [1.82, 2.24) is 4.90 Å². The molecule has 2 aromatic carbocycles. The molecule has 0 aliphatic carbocycles. The number of benzene rings is 2. The summed E-state index contributed by atoms with van der Waals surface area (Å²) in [5.74, 6) is 0.874. The standard InChI is InChI=1S/C24H24ClNO5/c1-14-11-26(12-15(2)30-14)22(27)13-29-19-8-9-20-21(10-19)31-16(3)23(24(20)28)17-4-6-18(25)7-5-17/h4-10,14-15H,11-13H2,1-3H3. The van der Waals surface area contributed by atoms with Crippen molar-refractivity contribution in [2.24, 2.45) is 0 Å². The highest BCUT2D eigenvalue weighted by Crippen LogP contribution is 2.27. The highest BCUT2D eigenvalue weighted by Gasteiger charge is 2.26. The van der Waals surface area contributed by atoms with Crippen LogP contribution in [0.3, 0.4) is 0 Å². The zero-order valence-corrected chi connectivity index (χ0v) is 18.4. The van der Waals surface area contributed by atoms with E-state index in [0.717, 1.165) is 5.56 Å². The number of hydrogen-bond donors (Lipinski definition) is 0. The van der Waals surface area contributed by atoms with Gasteiger partial charge in [-0.05, 0) is 50.6 Å². The first kappa shape index (κ1) is 21.4. The predicted octanol–water partition coefficient (Wildman–Crippen LogP) is 4.44. The number of hydrogen-bond acceptors (Lipinski definition) is 5. The molecule has 1 aliphatic rings. The van der Waals surface area contributed by atoms with Crippen molar-refractivity contribution in [3.8, 4) is 16.9 Å². The van der Waals surface area contributed by atoms with E-state index in [0.29, 0.717) is 46.2 Å². The van der Waals surface area contributed by atoms with Crippen LogP contribution < -0.4 is 10.2 Å². The van der Waals surface area contributed by atoms with Gasteiger partial charge in [-0.2, -0.15) is 0 Å². The Morgan fingerprint density at radius 2 is 1.81 bits per heavy atom. The first-order chi connectivity index (χ1) is 14.8. The van der Waals surface area contributed by atoms with E-state index in [1.54, 1.807) is 54.3 Å². The first-order valence-corrected chi connectivity index (χ1v) is 10.6. The van der Waals surface area contributed by atoms with Gasteiger partial charge in [0.1, 0.15) is 17.1 Å². The van der Waals surface area contributed by atoms with E-state index in [1.807, 2.05) is 13.8 Å². The molecule has 2 atom stereocenters. The van der Waals surface area contributed by atoms with Crippen LogP contribution >= 0.6 is 11.6 Å². The molecule has 2 heterocycles. The molecule has 1 fully saturated rings. The summed E-state index contributed by atoms with van der Waals surface area (Å²) in [5.41, 5.74) is 1.54. The second-order valence-corrected chi connectivity index (χ2v) is 8.31. The van der Waals surface area contributed by atoms with Gasteiger partial charge in [-0.3, -0.25) is 9.59 Å². The minimum Gasteiger partial charge on any atom is -0.484 e. The summed E-state index contributed by atoms with van der Waals surface area (Å²) < 4.78 is 17.3. The van der Waals surface area contributed by atoms with Gasteiger partial charge in [-0.15, -0.1) is 0 Å². The number of carbonyl (C=O) groups is 1. The fourth-order valence-corrected chi connectivity index (χ4v) is 4.07. The smallest absolute Gasteiger partial charge is 0.260 e. The molecular formula is C24H24ClNO5. The lowest BCUT2D eigenvalue weighted by Gasteiger charge is -2.35. The molecule has 0 N–H and O–H groups in total. The number of aryl methyl sites for hydroxylation is 1. The molecule has 2 unspecified atom stereocenters. The van der Waals surface area contributed by atoms with Crippen molar-refractivity contribution < 1.29 is 18.7 Å². The lowest BCUT2D eigenvalue weighted by Crippen LogP contribution is -2.49. The number of fused-ring (bicyclic) bond motifs is 1. The van der Waals surface area contributed by atoms with Crippen LogP contribution in [0.25, 0.3) is 22.1 Å². The third-order valence-corrected chi connectivity index (χ3v) is 5.56. The van der Waals surface area contributed by atoms with Gasteiger partial charge >= 0.3 is 0 Å². The summed E-state index contributed by atoms with van der Waals surface area (Å²) in [4.78, 5) is 27.3. The minimum atomic E-state index is -0.125. The van der Waals surface area contributed by atoms with Crippen LogP contribution in [0.5, 0.6) is 5.75 Å². The number of ether oxygens (including phenoxy) is 2. The number of amides is 1. The number of rotatable bonds is 4. The Morgan fingerprint density at radius 1 is 1.13 bits per heavy atom. The summed E-state index contributed by atoms with van der Waals surface area (Å²) >= 11 is 5.96. The zero-order valence-electron chi connectivity index (χ0n) is 17.7. The topological polar surface area (TPSA) is 69.0 Å². The van der Waals surface area contributed by atoms with Gasteiger partial charge < -0.3 is 18.8 Å². The summed E-state index contributed by atoms with van der Waals surface area (Å²) in [6.07, 6.45) is 0.000843. The van der Waals surface area contributed by atoms with E-state index >= 15 is 0 Å². The Hall–Kier alpha value is -2.83. The van der Waals surface area contributed by atoms with Gasteiger partial charge in [0, 0.05) is 24.2 Å². The second-order valence-electron chi connectivity index (χ2n) is 7.87. The van der Waals surface area contributed by atoms with Crippen molar-refractivity contribution in [3.05, 3.63) is 63.5 Å². The molecule has 6 nitrogen and oxygen atoms in total. The van der Waals surface area contributed by atoms with E-state index in [4.69, 9.17) is 25.5 Å². The number of halogens is 1. The number of nitrogens with zero attached hydrogens (tertiary/aromatic N) is 1. The van der Waals surface area contributed by atoms with Gasteiger partial charge in [0.05, 0.1) is 23.2 Å². The molecule has 0 bridgehead atoms. The van der Waals surface area contributed by atoms with Crippen molar-refractivity contribution in [1.29, 1.82) is 0 Å². The molecule has 7 heteroatoms. The molecule has 0 saturated carbocycles. The summed E-state index contributed by atoms with van der Waals surface area (Å²) in [6, 6.07) is 12.1. The zero-order chi connectivity index (χ0) is 22.1. The van der Waals surface area contributed by atoms with Crippen LogP contribution in [-0.4, -0.2) is 42.7 Å². The molecule has 162 valence electrons. The van der Waals surface area contributed by atoms with E-state index in [1.165, 1.54) is 0 Å². The lowest BCUT2D eigenvalue weighted by atomic mass is 10.0. The normalized spacial score (nSPS) is 18.9. The van der Waals surface area contributed by atoms with Crippen LogP contribution in [0, 0.1) is 6.92 Å². The average molecular weight is 442 g/mol. The van der Waals surface area contributed by atoms with Gasteiger partial charge in [0.25, 0.3) is 5.91 Å². The molecule has 0 spiro atoms. The fraction of sp³-hybridized carbons (Fsp3) is 0.333. The maximum absolute atomic E-state index is 13.1. The number of morpholine rings is 1. The maximum Gasteiger partial charge on any atom is 0.260 e. The van der Waals surface area contributed by atoms with Crippen molar-refractivity contribution in [3.63, 3.8) is 0 Å². The Kier molecular flexibility index (Phi) is 6.03. The highest BCUT2D eigenvalue weighted by atomic mass is 35.5. The molecular weight excluding hydrogens is 418 g/mol. The van der Waals surface area contributed by atoms with Gasteiger partial charge in [0.15, 0.2) is 6.61 Å². The van der Waals surface area contributed by atoms with Gasteiger partial charge in [-0.25, -0.2) is 0 Å². The minimum absolute atomic E-state index is 0.000422. The first-order valence-electron chi connectivity index (χ1n) is 10.2. The van der Waals surface area contributed by atoms with E-state index in [-0.39, 0.29) is 30.2 Å². The third-order valence-electron chi connectivity index (χ3n) is 5.31. The molecule has 3 aromatic rings. The average Bonchev–Trinajstić information content (AvgIpc) is 2.72. The van der Waals surface area contributed by atoms with Crippen molar-refractivity contribution >= 4 is 28.5 Å². The highest BCUT2D eigenvalue weighted by molar-refractivity contribution is 6.30. The summed E-state index contributed by atoms with van der Waals surface area (Å²) in [6.45, 7) is 6.66. The van der Waals surface area contributed by atoms with Crippen molar-refractivity contribution in [2.75, 3.05) is 19.7 Å². The van der Waals surface area contributed by atoms with E-state index < -0.39 is 0 Å². The van der Waals surface area contributed by atoms with Crippen molar-refractivity contribution in [2.45, 2.75) is 33.0 Å². The van der Waals surface area contributed by atoms with Gasteiger partial charge in [0.2, 0.25) is 5.43 Å². The molecule has 1 amide bonds.